The van der Waals surface area contributed by atoms with Crippen molar-refractivity contribution in [2.45, 2.75) is 32.7 Å². The monoisotopic (exact) mass is 153 g/mol. The SMILES string of the molecule is CCCC(N)c1ccoc1C. The molecule has 1 aromatic heterocycles. The van der Waals surface area contributed by atoms with E-state index in [2.05, 4.69) is 6.92 Å². The van der Waals surface area contributed by atoms with E-state index in [-0.39, 0.29) is 6.04 Å². The van der Waals surface area contributed by atoms with Crippen LogP contribution in [0.2, 0.25) is 0 Å². The third-order valence-electron chi connectivity index (χ3n) is 1.90. The van der Waals surface area contributed by atoms with E-state index in [4.69, 9.17) is 10.2 Å². The highest BCUT2D eigenvalue weighted by atomic mass is 16.3. The second-order valence-corrected chi connectivity index (χ2v) is 2.83. The van der Waals surface area contributed by atoms with Crippen LogP contribution in [0.4, 0.5) is 0 Å². The van der Waals surface area contributed by atoms with Crippen molar-refractivity contribution in [1.82, 2.24) is 0 Å². The minimum Gasteiger partial charge on any atom is -0.469 e. The summed E-state index contributed by atoms with van der Waals surface area (Å²) in [5.74, 6) is 0.950. The molecule has 0 radical (unpaired) electrons. The molecular weight excluding hydrogens is 138 g/mol. The molecule has 1 rings (SSSR count). The number of hydrogen-bond donors (Lipinski definition) is 1. The van der Waals surface area contributed by atoms with Gasteiger partial charge in [-0.05, 0) is 19.4 Å². The maximum absolute atomic E-state index is 5.89. The van der Waals surface area contributed by atoms with Crippen molar-refractivity contribution in [3.05, 3.63) is 23.7 Å². The lowest BCUT2D eigenvalue weighted by atomic mass is 10.0. The number of furan rings is 1. The van der Waals surface area contributed by atoms with Gasteiger partial charge in [-0.2, -0.15) is 0 Å². The highest BCUT2D eigenvalue weighted by molar-refractivity contribution is 5.19. The van der Waals surface area contributed by atoms with Crippen LogP contribution >= 0.6 is 0 Å². The van der Waals surface area contributed by atoms with Crippen LogP contribution in [0.15, 0.2) is 16.7 Å². The first kappa shape index (κ1) is 8.34. The van der Waals surface area contributed by atoms with Crippen molar-refractivity contribution in [3.63, 3.8) is 0 Å². The summed E-state index contributed by atoms with van der Waals surface area (Å²) < 4.78 is 5.15. The van der Waals surface area contributed by atoms with Crippen molar-refractivity contribution < 1.29 is 4.42 Å². The van der Waals surface area contributed by atoms with E-state index in [0.717, 1.165) is 24.2 Å². The third kappa shape index (κ3) is 1.84. The Balaban J connectivity index is 2.67. The van der Waals surface area contributed by atoms with E-state index in [1.165, 1.54) is 0 Å². The van der Waals surface area contributed by atoms with Gasteiger partial charge in [0.05, 0.1) is 6.26 Å². The maximum Gasteiger partial charge on any atom is 0.105 e. The molecule has 62 valence electrons. The summed E-state index contributed by atoms with van der Waals surface area (Å²) in [4.78, 5) is 0. The zero-order valence-electron chi connectivity index (χ0n) is 7.13. The Kier molecular flexibility index (Phi) is 2.71. The molecular formula is C9H15NO. The minimum absolute atomic E-state index is 0.152. The predicted molar refractivity (Wildman–Crippen MR) is 45.3 cm³/mol. The summed E-state index contributed by atoms with van der Waals surface area (Å²) in [6, 6.07) is 2.11. The van der Waals surface area contributed by atoms with Gasteiger partial charge in [0.15, 0.2) is 0 Å². The van der Waals surface area contributed by atoms with E-state index in [9.17, 15) is 0 Å². The van der Waals surface area contributed by atoms with E-state index >= 15 is 0 Å². The average Bonchev–Trinajstić information content (AvgIpc) is 2.36. The number of nitrogens with two attached hydrogens (primary N) is 1. The third-order valence-corrected chi connectivity index (χ3v) is 1.90. The Bertz CT molecular complexity index is 217. The van der Waals surface area contributed by atoms with Gasteiger partial charge in [-0.25, -0.2) is 0 Å². The van der Waals surface area contributed by atoms with Gasteiger partial charge in [0.1, 0.15) is 5.76 Å². The van der Waals surface area contributed by atoms with E-state index < -0.39 is 0 Å². The van der Waals surface area contributed by atoms with E-state index in [1.807, 2.05) is 13.0 Å². The molecule has 2 nitrogen and oxygen atoms in total. The number of rotatable bonds is 3. The van der Waals surface area contributed by atoms with Crippen LogP contribution in [-0.4, -0.2) is 0 Å². The van der Waals surface area contributed by atoms with Gasteiger partial charge in [0.25, 0.3) is 0 Å². The molecule has 1 atom stereocenters. The molecule has 1 unspecified atom stereocenters. The lowest BCUT2D eigenvalue weighted by Crippen LogP contribution is -2.09. The normalized spacial score (nSPS) is 13.4. The van der Waals surface area contributed by atoms with Crippen LogP contribution in [0.1, 0.15) is 37.1 Å². The summed E-state index contributed by atoms with van der Waals surface area (Å²) in [5.41, 5.74) is 7.04. The van der Waals surface area contributed by atoms with Crippen LogP contribution in [0.25, 0.3) is 0 Å². The molecule has 11 heavy (non-hydrogen) atoms. The summed E-state index contributed by atoms with van der Waals surface area (Å²) in [6.45, 7) is 4.08. The first-order valence-corrected chi connectivity index (χ1v) is 4.05. The first-order valence-electron chi connectivity index (χ1n) is 4.05. The quantitative estimate of drug-likeness (QED) is 0.724. The van der Waals surface area contributed by atoms with Crippen LogP contribution in [0.5, 0.6) is 0 Å². The van der Waals surface area contributed by atoms with Crippen LogP contribution < -0.4 is 5.73 Å². The van der Waals surface area contributed by atoms with Gasteiger partial charge >= 0.3 is 0 Å². The van der Waals surface area contributed by atoms with Gasteiger partial charge in [-0.1, -0.05) is 13.3 Å². The Hall–Kier alpha value is -0.760. The summed E-state index contributed by atoms with van der Waals surface area (Å²) in [6.07, 6.45) is 3.84. The Morgan fingerprint density at radius 2 is 2.36 bits per heavy atom. The molecule has 0 aliphatic heterocycles. The van der Waals surface area contributed by atoms with E-state index in [1.54, 1.807) is 6.26 Å². The van der Waals surface area contributed by atoms with E-state index in [0.29, 0.717) is 0 Å². The second-order valence-electron chi connectivity index (χ2n) is 2.83. The molecule has 2 N–H and O–H groups in total. The maximum atomic E-state index is 5.89. The smallest absolute Gasteiger partial charge is 0.105 e. The Morgan fingerprint density at radius 3 is 2.82 bits per heavy atom. The highest BCUT2D eigenvalue weighted by Crippen LogP contribution is 2.19. The zero-order chi connectivity index (χ0) is 8.27. The minimum atomic E-state index is 0.152. The standard InChI is InChI=1S/C9H15NO/c1-3-4-9(10)8-5-6-11-7(8)2/h5-6,9H,3-4,10H2,1-2H3. The molecule has 0 aliphatic carbocycles. The molecule has 1 aromatic rings. The Labute approximate surface area is 67.4 Å². The number of hydrogen-bond acceptors (Lipinski definition) is 2. The summed E-state index contributed by atoms with van der Waals surface area (Å²) in [5, 5.41) is 0. The summed E-state index contributed by atoms with van der Waals surface area (Å²) in [7, 11) is 0. The van der Waals surface area contributed by atoms with Crippen molar-refractivity contribution in [2.75, 3.05) is 0 Å². The fraction of sp³-hybridized carbons (Fsp3) is 0.556. The van der Waals surface area contributed by atoms with Gasteiger partial charge in [0.2, 0.25) is 0 Å². The number of aryl methyl sites for hydroxylation is 1. The summed E-state index contributed by atoms with van der Waals surface area (Å²) >= 11 is 0. The molecule has 0 amide bonds. The molecule has 1 heterocycles. The van der Waals surface area contributed by atoms with Crippen molar-refractivity contribution in [3.8, 4) is 0 Å². The lowest BCUT2D eigenvalue weighted by Gasteiger charge is -2.07. The fourth-order valence-electron chi connectivity index (χ4n) is 1.25. The fourth-order valence-corrected chi connectivity index (χ4v) is 1.25. The lowest BCUT2D eigenvalue weighted by molar-refractivity contribution is 0.520. The molecule has 0 saturated heterocycles. The first-order chi connectivity index (χ1) is 5.25. The van der Waals surface area contributed by atoms with Crippen LogP contribution in [0, 0.1) is 6.92 Å². The van der Waals surface area contributed by atoms with Crippen molar-refractivity contribution >= 4 is 0 Å². The Morgan fingerprint density at radius 1 is 1.64 bits per heavy atom. The van der Waals surface area contributed by atoms with Crippen molar-refractivity contribution in [2.24, 2.45) is 5.73 Å². The molecule has 0 aliphatic rings. The molecule has 0 spiro atoms. The second kappa shape index (κ2) is 3.58. The predicted octanol–water partition coefficient (Wildman–Crippen LogP) is 2.39. The zero-order valence-corrected chi connectivity index (χ0v) is 7.13. The van der Waals surface area contributed by atoms with Gasteiger partial charge < -0.3 is 10.2 Å². The van der Waals surface area contributed by atoms with Crippen LogP contribution in [0.3, 0.4) is 0 Å². The van der Waals surface area contributed by atoms with Crippen molar-refractivity contribution in [1.29, 1.82) is 0 Å². The van der Waals surface area contributed by atoms with Gasteiger partial charge in [-0.3, -0.25) is 0 Å². The highest BCUT2D eigenvalue weighted by Gasteiger charge is 2.08. The molecule has 2 heteroatoms. The average molecular weight is 153 g/mol. The van der Waals surface area contributed by atoms with Gasteiger partial charge in [0, 0.05) is 11.6 Å². The molecule has 0 aromatic carbocycles. The molecule has 0 saturated carbocycles. The molecule has 0 fully saturated rings. The van der Waals surface area contributed by atoms with Crippen LogP contribution in [-0.2, 0) is 0 Å². The molecule has 0 bridgehead atoms. The topological polar surface area (TPSA) is 39.2 Å². The largest absolute Gasteiger partial charge is 0.469 e. The van der Waals surface area contributed by atoms with Gasteiger partial charge in [-0.15, -0.1) is 0 Å².